The molecule has 0 spiro atoms. The number of aryl methyl sites for hydroxylation is 1. The summed E-state index contributed by atoms with van der Waals surface area (Å²) < 4.78 is 14.8. The molecule has 0 atom stereocenters. The highest BCUT2D eigenvalue weighted by Crippen LogP contribution is 2.15. The van der Waals surface area contributed by atoms with Crippen LogP contribution in [0.25, 0.3) is 0 Å². The third kappa shape index (κ3) is 3.55. The predicted molar refractivity (Wildman–Crippen MR) is 70.1 cm³/mol. The highest BCUT2D eigenvalue weighted by molar-refractivity contribution is 6.30. The van der Waals surface area contributed by atoms with Gasteiger partial charge in [-0.1, -0.05) is 17.7 Å². The third-order valence-electron chi connectivity index (χ3n) is 2.59. The molecule has 0 saturated heterocycles. The van der Waals surface area contributed by atoms with Crippen molar-refractivity contribution >= 4 is 11.6 Å². The number of aromatic nitrogens is 2. The smallest absolute Gasteiger partial charge is 0.141 e. The Hall–Kier alpha value is -1.39. The lowest BCUT2D eigenvalue weighted by molar-refractivity contribution is 0.554. The van der Waals surface area contributed by atoms with Crippen LogP contribution in [-0.4, -0.2) is 16.3 Å². The first-order valence-electron chi connectivity index (χ1n) is 5.79. The average molecular weight is 268 g/mol. The number of rotatable bonds is 5. The summed E-state index contributed by atoms with van der Waals surface area (Å²) in [5.74, 6) is -0.382. The van der Waals surface area contributed by atoms with E-state index in [-0.39, 0.29) is 10.8 Å². The molecular weight excluding hydrogens is 253 g/mol. The Morgan fingerprint density at radius 2 is 2.28 bits per heavy atom. The molecule has 0 fully saturated rings. The van der Waals surface area contributed by atoms with Gasteiger partial charge in [0.25, 0.3) is 0 Å². The maximum absolute atomic E-state index is 12.9. The lowest BCUT2D eigenvalue weighted by atomic mass is 10.2. The lowest BCUT2D eigenvalue weighted by Crippen LogP contribution is -2.19. The number of hydrogen-bond donors (Lipinski definition) is 1. The van der Waals surface area contributed by atoms with Gasteiger partial charge in [-0.2, -0.15) is 5.10 Å². The van der Waals surface area contributed by atoms with E-state index in [1.54, 1.807) is 12.1 Å². The fourth-order valence-electron chi connectivity index (χ4n) is 1.67. The second kappa shape index (κ2) is 5.98. The first-order valence-corrected chi connectivity index (χ1v) is 6.16. The van der Waals surface area contributed by atoms with E-state index in [0.29, 0.717) is 6.54 Å². The van der Waals surface area contributed by atoms with Crippen molar-refractivity contribution < 1.29 is 4.39 Å². The van der Waals surface area contributed by atoms with E-state index in [1.807, 2.05) is 24.0 Å². The minimum absolute atomic E-state index is 0.164. The van der Waals surface area contributed by atoms with Crippen LogP contribution < -0.4 is 5.32 Å². The van der Waals surface area contributed by atoms with Crippen LogP contribution in [0.2, 0.25) is 5.02 Å². The topological polar surface area (TPSA) is 29.9 Å². The monoisotopic (exact) mass is 267 g/mol. The zero-order valence-corrected chi connectivity index (χ0v) is 10.9. The predicted octanol–water partition coefficient (Wildman–Crippen LogP) is 2.77. The van der Waals surface area contributed by atoms with E-state index in [1.165, 1.54) is 6.07 Å². The van der Waals surface area contributed by atoms with Crippen LogP contribution in [0.3, 0.4) is 0 Å². The van der Waals surface area contributed by atoms with E-state index >= 15 is 0 Å². The van der Waals surface area contributed by atoms with Gasteiger partial charge in [0.1, 0.15) is 5.82 Å². The molecule has 2 aromatic rings. The molecule has 1 aromatic carbocycles. The summed E-state index contributed by atoms with van der Waals surface area (Å²) in [5, 5.41) is 7.62. The number of nitrogens with one attached hydrogen (secondary N) is 1. The first-order chi connectivity index (χ1) is 8.65. The zero-order valence-electron chi connectivity index (χ0n) is 10.2. The van der Waals surface area contributed by atoms with Gasteiger partial charge >= 0.3 is 0 Å². The second-order valence-electron chi connectivity index (χ2n) is 4.21. The fourth-order valence-corrected chi connectivity index (χ4v) is 1.87. The molecule has 1 N–H and O–H groups in total. The van der Waals surface area contributed by atoms with E-state index in [0.717, 1.165) is 24.2 Å². The fraction of sp³-hybridized carbons (Fsp3) is 0.308. The lowest BCUT2D eigenvalue weighted by Gasteiger charge is -2.06. The Balaban J connectivity index is 1.76. The molecule has 96 valence electrons. The van der Waals surface area contributed by atoms with E-state index in [4.69, 9.17) is 11.6 Å². The summed E-state index contributed by atoms with van der Waals surface area (Å²) >= 11 is 5.71. The standard InChI is InChI=1S/C13H15ClFN3/c1-10-7-17-18(9-10)5-4-16-8-11-2-3-13(15)12(14)6-11/h2-3,6-7,9,16H,4-5,8H2,1H3. The van der Waals surface area contributed by atoms with Gasteiger partial charge in [0, 0.05) is 19.3 Å². The van der Waals surface area contributed by atoms with Crippen molar-refractivity contribution in [2.24, 2.45) is 0 Å². The van der Waals surface area contributed by atoms with Gasteiger partial charge in [-0.25, -0.2) is 4.39 Å². The summed E-state index contributed by atoms with van der Waals surface area (Å²) in [6.07, 6.45) is 3.83. The van der Waals surface area contributed by atoms with Crippen LogP contribution in [-0.2, 0) is 13.1 Å². The van der Waals surface area contributed by atoms with Crippen molar-refractivity contribution in [3.63, 3.8) is 0 Å². The Morgan fingerprint density at radius 1 is 1.44 bits per heavy atom. The number of halogens is 2. The number of hydrogen-bond acceptors (Lipinski definition) is 2. The van der Waals surface area contributed by atoms with Crippen LogP contribution >= 0.6 is 11.6 Å². The third-order valence-corrected chi connectivity index (χ3v) is 2.88. The van der Waals surface area contributed by atoms with E-state index in [9.17, 15) is 4.39 Å². The van der Waals surface area contributed by atoms with Gasteiger partial charge in [0.15, 0.2) is 0 Å². The molecule has 0 saturated carbocycles. The number of nitrogens with zero attached hydrogens (tertiary/aromatic N) is 2. The summed E-state index contributed by atoms with van der Waals surface area (Å²) in [6.45, 7) is 4.29. The summed E-state index contributed by atoms with van der Waals surface area (Å²) in [5.41, 5.74) is 2.12. The second-order valence-corrected chi connectivity index (χ2v) is 4.61. The van der Waals surface area contributed by atoms with Crippen molar-refractivity contribution in [3.8, 4) is 0 Å². The van der Waals surface area contributed by atoms with Crippen LogP contribution in [0.4, 0.5) is 4.39 Å². The normalized spacial score (nSPS) is 10.8. The molecule has 1 heterocycles. The molecule has 0 bridgehead atoms. The SMILES string of the molecule is Cc1cnn(CCNCc2ccc(F)c(Cl)c2)c1. The Labute approximate surface area is 111 Å². The van der Waals surface area contributed by atoms with E-state index < -0.39 is 0 Å². The highest BCUT2D eigenvalue weighted by atomic mass is 35.5. The van der Waals surface area contributed by atoms with Crippen molar-refractivity contribution in [3.05, 3.63) is 52.6 Å². The Bertz CT molecular complexity index is 525. The molecule has 0 unspecified atom stereocenters. The van der Waals surface area contributed by atoms with Gasteiger partial charge in [0.2, 0.25) is 0 Å². The molecule has 5 heteroatoms. The van der Waals surface area contributed by atoms with Gasteiger partial charge in [0.05, 0.1) is 17.8 Å². The molecule has 18 heavy (non-hydrogen) atoms. The molecule has 0 radical (unpaired) electrons. The largest absolute Gasteiger partial charge is 0.311 e. The minimum atomic E-state index is -0.382. The van der Waals surface area contributed by atoms with Crippen molar-refractivity contribution in [1.82, 2.24) is 15.1 Å². The highest BCUT2D eigenvalue weighted by Gasteiger charge is 2.00. The Morgan fingerprint density at radius 3 is 2.94 bits per heavy atom. The Kier molecular flexibility index (Phi) is 4.33. The maximum Gasteiger partial charge on any atom is 0.141 e. The van der Waals surface area contributed by atoms with E-state index in [2.05, 4.69) is 10.4 Å². The van der Waals surface area contributed by atoms with Crippen LogP contribution in [0, 0.1) is 12.7 Å². The van der Waals surface area contributed by atoms with Crippen molar-refractivity contribution in [1.29, 1.82) is 0 Å². The summed E-state index contributed by atoms with van der Waals surface area (Å²) in [7, 11) is 0. The zero-order chi connectivity index (χ0) is 13.0. The first kappa shape index (κ1) is 13.1. The van der Waals surface area contributed by atoms with Crippen LogP contribution in [0.1, 0.15) is 11.1 Å². The van der Waals surface area contributed by atoms with Gasteiger partial charge < -0.3 is 5.32 Å². The maximum atomic E-state index is 12.9. The molecular formula is C13H15ClFN3. The quantitative estimate of drug-likeness (QED) is 0.845. The van der Waals surface area contributed by atoms with Gasteiger partial charge in [-0.3, -0.25) is 4.68 Å². The molecule has 0 aliphatic rings. The van der Waals surface area contributed by atoms with Crippen LogP contribution in [0.15, 0.2) is 30.6 Å². The minimum Gasteiger partial charge on any atom is -0.311 e. The molecule has 1 aromatic heterocycles. The number of benzene rings is 1. The van der Waals surface area contributed by atoms with Crippen molar-refractivity contribution in [2.45, 2.75) is 20.0 Å². The summed E-state index contributed by atoms with van der Waals surface area (Å²) in [4.78, 5) is 0. The van der Waals surface area contributed by atoms with Crippen molar-refractivity contribution in [2.75, 3.05) is 6.54 Å². The van der Waals surface area contributed by atoms with Crippen LogP contribution in [0.5, 0.6) is 0 Å². The summed E-state index contributed by atoms with van der Waals surface area (Å²) in [6, 6.07) is 4.75. The molecule has 3 nitrogen and oxygen atoms in total. The molecule has 0 amide bonds. The molecule has 2 rings (SSSR count). The molecule has 0 aliphatic heterocycles. The van der Waals surface area contributed by atoms with Gasteiger partial charge in [-0.05, 0) is 30.2 Å². The molecule has 0 aliphatic carbocycles. The average Bonchev–Trinajstić information content (AvgIpc) is 2.75. The van der Waals surface area contributed by atoms with Gasteiger partial charge in [-0.15, -0.1) is 0 Å².